The van der Waals surface area contributed by atoms with Crippen LogP contribution in [-0.4, -0.2) is 25.4 Å². The Labute approximate surface area is 120 Å². The van der Waals surface area contributed by atoms with E-state index in [-0.39, 0.29) is 23.0 Å². The van der Waals surface area contributed by atoms with E-state index in [4.69, 9.17) is 9.47 Å². The molecule has 2 unspecified atom stereocenters. The SMILES string of the molecule is CC(C)(C)C1OCCCCCCCOC1C(C)(C)C. The average Bonchev–Trinajstić information content (AvgIpc) is 2.29. The Bertz CT molecular complexity index is 221. The van der Waals surface area contributed by atoms with Gasteiger partial charge in [-0.25, -0.2) is 0 Å². The van der Waals surface area contributed by atoms with Crippen LogP contribution in [0.15, 0.2) is 0 Å². The Morgan fingerprint density at radius 1 is 0.579 bits per heavy atom. The Kier molecular flexibility index (Phi) is 6.32. The Morgan fingerprint density at radius 3 is 1.21 bits per heavy atom. The van der Waals surface area contributed by atoms with Crippen LogP contribution in [-0.2, 0) is 9.47 Å². The Balaban J connectivity index is 2.85. The molecule has 0 N–H and O–H groups in total. The highest BCUT2D eigenvalue weighted by Crippen LogP contribution is 2.36. The van der Waals surface area contributed by atoms with Crippen LogP contribution in [0.3, 0.4) is 0 Å². The summed E-state index contributed by atoms with van der Waals surface area (Å²) in [5, 5.41) is 0. The third-order valence-electron chi connectivity index (χ3n) is 3.87. The maximum Gasteiger partial charge on any atom is 0.0889 e. The van der Waals surface area contributed by atoms with Crippen LogP contribution in [0.1, 0.15) is 73.6 Å². The van der Waals surface area contributed by atoms with E-state index in [9.17, 15) is 0 Å². The van der Waals surface area contributed by atoms with Crippen molar-refractivity contribution in [1.82, 2.24) is 0 Å². The third kappa shape index (κ3) is 5.83. The molecule has 1 fully saturated rings. The van der Waals surface area contributed by atoms with Gasteiger partial charge in [-0.3, -0.25) is 0 Å². The Hall–Kier alpha value is -0.0800. The maximum atomic E-state index is 6.25. The summed E-state index contributed by atoms with van der Waals surface area (Å²) in [6, 6.07) is 0. The number of hydrogen-bond acceptors (Lipinski definition) is 2. The van der Waals surface area contributed by atoms with Crippen molar-refractivity contribution < 1.29 is 9.47 Å². The summed E-state index contributed by atoms with van der Waals surface area (Å²) in [6.07, 6.45) is 6.60. The van der Waals surface area contributed by atoms with E-state index in [1.807, 2.05) is 0 Å². The van der Waals surface area contributed by atoms with E-state index in [1.54, 1.807) is 0 Å². The summed E-state index contributed by atoms with van der Waals surface area (Å²) < 4.78 is 12.5. The fourth-order valence-corrected chi connectivity index (χ4v) is 2.74. The lowest BCUT2D eigenvalue weighted by atomic mass is 9.76. The van der Waals surface area contributed by atoms with Gasteiger partial charge in [-0.1, -0.05) is 60.8 Å². The first-order chi connectivity index (χ1) is 8.73. The fourth-order valence-electron chi connectivity index (χ4n) is 2.74. The monoisotopic (exact) mass is 270 g/mol. The van der Waals surface area contributed by atoms with Crippen molar-refractivity contribution in [2.45, 2.75) is 85.9 Å². The van der Waals surface area contributed by atoms with Crippen LogP contribution in [0.5, 0.6) is 0 Å². The van der Waals surface area contributed by atoms with Gasteiger partial charge in [-0.2, -0.15) is 0 Å². The van der Waals surface area contributed by atoms with Gasteiger partial charge < -0.3 is 9.47 Å². The highest BCUT2D eigenvalue weighted by atomic mass is 16.5. The van der Waals surface area contributed by atoms with E-state index >= 15 is 0 Å². The highest BCUT2D eigenvalue weighted by Gasteiger charge is 2.40. The van der Waals surface area contributed by atoms with E-state index in [1.165, 1.54) is 32.1 Å². The van der Waals surface area contributed by atoms with Crippen LogP contribution in [0.4, 0.5) is 0 Å². The molecule has 0 aromatic heterocycles. The standard InChI is InChI=1S/C17H34O2/c1-16(2,3)14-15(17(4,5)6)19-13-11-9-7-8-10-12-18-14/h14-15H,7-13H2,1-6H3. The van der Waals surface area contributed by atoms with Gasteiger partial charge in [0.05, 0.1) is 12.2 Å². The first-order valence-corrected chi connectivity index (χ1v) is 7.96. The van der Waals surface area contributed by atoms with E-state index in [0.29, 0.717) is 0 Å². The average molecular weight is 270 g/mol. The summed E-state index contributed by atoms with van der Waals surface area (Å²) in [5.41, 5.74) is 0.234. The molecule has 1 aliphatic rings. The van der Waals surface area contributed by atoms with Crippen molar-refractivity contribution in [3.63, 3.8) is 0 Å². The van der Waals surface area contributed by atoms with Crippen LogP contribution in [0.2, 0.25) is 0 Å². The van der Waals surface area contributed by atoms with Gasteiger partial charge >= 0.3 is 0 Å². The molecule has 2 atom stereocenters. The van der Waals surface area contributed by atoms with Crippen molar-refractivity contribution in [3.05, 3.63) is 0 Å². The first kappa shape index (κ1) is 17.0. The largest absolute Gasteiger partial charge is 0.375 e. The van der Waals surface area contributed by atoms with Gasteiger partial charge in [0, 0.05) is 13.2 Å². The predicted octanol–water partition coefficient (Wildman–Crippen LogP) is 4.81. The van der Waals surface area contributed by atoms with Crippen molar-refractivity contribution in [3.8, 4) is 0 Å². The van der Waals surface area contributed by atoms with Crippen LogP contribution in [0, 0.1) is 10.8 Å². The van der Waals surface area contributed by atoms with E-state index < -0.39 is 0 Å². The van der Waals surface area contributed by atoms with Gasteiger partial charge in [0.1, 0.15) is 0 Å². The maximum absolute atomic E-state index is 6.25. The van der Waals surface area contributed by atoms with Crippen LogP contribution in [0.25, 0.3) is 0 Å². The van der Waals surface area contributed by atoms with Crippen LogP contribution < -0.4 is 0 Å². The fraction of sp³-hybridized carbons (Fsp3) is 1.00. The molecular weight excluding hydrogens is 236 g/mol. The lowest BCUT2D eigenvalue weighted by Crippen LogP contribution is -2.48. The molecule has 0 aromatic carbocycles. The molecule has 2 heteroatoms. The molecule has 0 amide bonds. The molecule has 19 heavy (non-hydrogen) atoms. The lowest BCUT2D eigenvalue weighted by Gasteiger charge is -2.43. The van der Waals surface area contributed by atoms with Gasteiger partial charge in [-0.15, -0.1) is 0 Å². The summed E-state index contributed by atoms with van der Waals surface area (Å²) >= 11 is 0. The van der Waals surface area contributed by atoms with Crippen LogP contribution >= 0.6 is 0 Å². The quantitative estimate of drug-likeness (QED) is 0.628. The van der Waals surface area contributed by atoms with Crippen molar-refractivity contribution >= 4 is 0 Å². The minimum absolute atomic E-state index is 0.117. The zero-order valence-electron chi connectivity index (χ0n) is 13.9. The molecule has 0 aromatic rings. The van der Waals surface area contributed by atoms with Gasteiger partial charge in [0.2, 0.25) is 0 Å². The summed E-state index contributed by atoms with van der Waals surface area (Å²) in [7, 11) is 0. The molecule has 0 bridgehead atoms. The second-order valence-electron chi connectivity index (χ2n) is 8.08. The summed E-state index contributed by atoms with van der Waals surface area (Å²) in [6.45, 7) is 15.3. The molecule has 1 rings (SSSR count). The minimum atomic E-state index is 0.117. The molecule has 0 aliphatic carbocycles. The smallest absolute Gasteiger partial charge is 0.0889 e. The topological polar surface area (TPSA) is 18.5 Å². The highest BCUT2D eigenvalue weighted by molar-refractivity contribution is 4.89. The zero-order valence-corrected chi connectivity index (χ0v) is 13.9. The lowest BCUT2D eigenvalue weighted by molar-refractivity contribution is -0.153. The number of rotatable bonds is 0. The minimum Gasteiger partial charge on any atom is -0.375 e. The molecule has 114 valence electrons. The van der Waals surface area contributed by atoms with Crippen molar-refractivity contribution in [1.29, 1.82) is 0 Å². The predicted molar refractivity (Wildman–Crippen MR) is 81.5 cm³/mol. The molecule has 1 saturated heterocycles. The second-order valence-corrected chi connectivity index (χ2v) is 8.08. The third-order valence-corrected chi connectivity index (χ3v) is 3.87. The molecule has 2 nitrogen and oxygen atoms in total. The first-order valence-electron chi connectivity index (χ1n) is 7.96. The van der Waals surface area contributed by atoms with Crippen molar-refractivity contribution in [2.75, 3.05) is 13.2 Å². The molecule has 1 aliphatic heterocycles. The van der Waals surface area contributed by atoms with E-state index in [2.05, 4.69) is 41.5 Å². The normalized spacial score (nSPS) is 28.7. The van der Waals surface area contributed by atoms with E-state index in [0.717, 1.165) is 13.2 Å². The Morgan fingerprint density at radius 2 is 0.895 bits per heavy atom. The second kappa shape index (κ2) is 7.08. The summed E-state index contributed by atoms with van der Waals surface area (Å²) in [5.74, 6) is 0. The zero-order chi connectivity index (χ0) is 14.5. The summed E-state index contributed by atoms with van der Waals surface area (Å²) in [4.78, 5) is 0. The number of hydrogen-bond donors (Lipinski definition) is 0. The van der Waals surface area contributed by atoms with Gasteiger partial charge in [-0.05, 0) is 23.7 Å². The molecule has 0 spiro atoms. The van der Waals surface area contributed by atoms with Gasteiger partial charge in [0.15, 0.2) is 0 Å². The molecule has 0 saturated carbocycles. The molecular formula is C17H34O2. The molecule has 1 heterocycles. The van der Waals surface area contributed by atoms with Gasteiger partial charge in [0.25, 0.3) is 0 Å². The van der Waals surface area contributed by atoms with Crippen molar-refractivity contribution in [2.24, 2.45) is 10.8 Å². The molecule has 0 radical (unpaired) electrons. The number of ether oxygens (including phenoxy) is 2.